The van der Waals surface area contributed by atoms with Gasteiger partial charge in [-0.05, 0) is 38.0 Å². The van der Waals surface area contributed by atoms with Crippen molar-refractivity contribution in [2.75, 3.05) is 6.61 Å². The molecule has 0 unspecified atom stereocenters. The molecule has 0 heterocycles. The monoisotopic (exact) mass is 155 g/mol. The van der Waals surface area contributed by atoms with E-state index in [1.165, 1.54) is 25.7 Å². The largest absolute Gasteiger partial charge is 0.376 e. The van der Waals surface area contributed by atoms with Gasteiger partial charge in [-0.25, -0.2) is 0 Å². The fraction of sp³-hybridized carbons (Fsp3) is 1.00. The van der Waals surface area contributed by atoms with Crippen molar-refractivity contribution in [3.63, 3.8) is 0 Å². The summed E-state index contributed by atoms with van der Waals surface area (Å²) in [6.45, 7) is 0.971. The molecule has 64 valence electrons. The van der Waals surface area contributed by atoms with Crippen molar-refractivity contribution in [2.24, 2.45) is 11.7 Å². The maximum Gasteiger partial charge on any atom is 0.0726 e. The number of hydrogen-bond acceptors (Lipinski definition) is 2. The van der Waals surface area contributed by atoms with Crippen molar-refractivity contribution >= 4 is 0 Å². The average molecular weight is 155 g/mol. The lowest BCUT2D eigenvalue weighted by atomic mass is 10.2. The summed E-state index contributed by atoms with van der Waals surface area (Å²) in [6.07, 6.45) is 6.75. The summed E-state index contributed by atoms with van der Waals surface area (Å²) in [7, 11) is 0. The molecule has 2 fully saturated rings. The van der Waals surface area contributed by atoms with Crippen molar-refractivity contribution in [3.8, 4) is 0 Å². The van der Waals surface area contributed by atoms with E-state index in [1.807, 2.05) is 0 Å². The molecule has 0 aromatic rings. The van der Waals surface area contributed by atoms with Crippen LogP contribution >= 0.6 is 0 Å². The summed E-state index contributed by atoms with van der Waals surface area (Å²) in [5, 5.41) is 0. The Labute approximate surface area is 68.1 Å². The van der Waals surface area contributed by atoms with Crippen LogP contribution in [-0.4, -0.2) is 18.8 Å². The number of rotatable bonds is 3. The lowest BCUT2D eigenvalue weighted by Gasteiger charge is -2.15. The standard InChI is InChI=1S/C9H17NO/c10-8-2-1-3-9(8)11-6-7-4-5-7/h7-9H,1-6,10H2/t8-,9-/m0/s1. The van der Waals surface area contributed by atoms with Crippen molar-refractivity contribution in [1.29, 1.82) is 0 Å². The van der Waals surface area contributed by atoms with Gasteiger partial charge >= 0.3 is 0 Å². The Kier molecular flexibility index (Phi) is 2.14. The van der Waals surface area contributed by atoms with Gasteiger partial charge in [0.2, 0.25) is 0 Å². The predicted molar refractivity (Wildman–Crippen MR) is 44.3 cm³/mol. The van der Waals surface area contributed by atoms with Crippen molar-refractivity contribution in [1.82, 2.24) is 0 Å². The van der Waals surface area contributed by atoms with E-state index in [4.69, 9.17) is 10.5 Å². The molecule has 0 amide bonds. The second-order valence-electron chi connectivity index (χ2n) is 3.91. The Morgan fingerprint density at radius 2 is 2.00 bits per heavy atom. The minimum absolute atomic E-state index is 0.328. The van der Waals surface area contributed by atoms with E-state index in [2.05, 4.69) is 0 Å². The van der Waals surface area contributed by atoms with Crippen LogP contribution in [0.1, 0.15) is 32.1 Å². The highest BCUT2D eigenvalue weighted by molar-refractivity contribution is 4.82. The lowest BCUT2D eigenvalue weighted by molar-refractivity contribution is 0.0411. The van der Waals surface area contributed by atoms with Crippen LogP contribution < -0.4 is 5.73 Å². The molecule has 11 heavy (non-hydrogen) atoms. The third-order valence-corrected chi connectivity index (χ3v) is 2.75. The molecule has 0 aliphatic heterocycles. The molecule has 0 saturated heterocycles. The van der Waals surface area contributed by atoms with E-state index in [-0.39, 0.29) is 0 Å². The van der Waals surface area contributed by atoms with E-state index >= 15 is 0 Å². The minimum Gasteiger partial charge on any atom is -0.376 e. The quantitative estimate of drug-likeness (QED) is 0.666. The van der Waals surface area contributed by atoms with Gasteiger partial charge in [0.15, 0.2) is 0 Å². The molecule has 2 aliphatic rings. The molecule has 0 bridgehead atoms. The van der Waals surface area contributed by atoms with Crippen LogP contribution in [0.5, 0.6) is 0 Å². The summed E-state index contributed by atoms with van der Waals surface area (Å²) in [5.41, 5.74) is 5.86. The highest BCUT2D eigenvalue weighted by Gasteiger charge is 2.28. The Morgan fingerprint density at radius 1 is 1.18 bits per heavy atom. The Morgan fingerprint density at radius 3 is 2.55 bits per heavy atom. The van der Waals surface area contributed by atoms with Crippen LogP contribution in [0.25, 0.3) is 0 Å². The molecule has 2 aliphatic carbocycles. The van der Waals surface area contributed by atoms with Crippen LogP contribution in [-0.2, 0) is 4.74 Å². The smallest absolute Gasteiger partial charge is 0.0726 e. The van der Waals surface area contributed by atoms with E-state index in [0.29, 0.717) is 12.1 Å². The highest BCUT2D eigenvalue weighted by Crippen LogP contribution is 2.30. The summed E-state index contributed by atoms with van der Waals surface area (Å²) in [4.78, 5) is 0. The zero-order chi connectivity index (χ0) is 7.68. The number of hydrogen-bond donors (Lipinski definition) is 1. The van der Waals surface area contributed by atoms with Gasteiger partial charge in [0.05, 0.1) is 6.10 Å². The summed E-state index contributed by atoms with van der Waals surface area (Å²) >= 11 is 0. The summed E-state index contributed by atoms with van der Waals surface area (Å²) in [6, 6.07) is 0.328. The molecule has 0 spiro atoms. The maximum atomic E-state index is 5.86. The van der Waals surface area contributed by atoms with Gasteiger partial charge in [0, 0.05) is 12.6 Å². The first kappa shape index (κ1) is 7.56. The Balaban J connectivity index is 1.67. The van der Waals surface area contributed by atoms with E-state index in [1.54, 1.807) is 0 Å². The fourth-order valence-corrected chi connectivity index (χ4v) is 1.71. The molecule has 2 nitrogen and oxygen atoms in total. The normalized spacial score (nSPS) is 37.9. The van der Waals surface area contributed by atoms with E-state index in [9.17, 15) is 0 Å². The third kappa shape index (κ3) is 1.94. The van der Waals surface area contributed by atoms with Crippen LogP contribution in [0.2, 0.25) is 0 Å². The van der Waals surface area contributed by atoms with Crippen LogP contribution in [0, 0.1) is 5.92 Å². The molecular weight excluding hydrogens is 138 g/mol. The van der Waals surface area contributed by atoms with Gasteiger partial charge in [-0.3, -0.25) is 0 Å². The van der Waals surface area contributed by atoms with Crippen molar-refractivity contribution in [3.05, 3.63) is 0 Å². The molecule has 0 radical (unpaired) electrons. The van der Waals surface area contributed by atoms with Crippen molar-refractivity contribution in [2.45, 2.75) is 44.2 Å². The minimum atomic E-state index is 0.328. The van der Waals surface area contributed by atoms with Crippen LogP contribution in [0.4, 0.5) is 0 Å². The maximum absolute atomic E-state index is 5.86. The summed E-state index contributed by atoms with van der Waals surface area (Å²) in [5.74, 6) is 0.878. The molecule has 0 aromatic carbocycles. The van der Waals surface area contributed by atoms with Crippen molar-refractivity contribution < 1.29 is 4.74 Å². The molecular formula is C9H17NO. The van der Waals surface area contributed by atoms with E-state index in [0.717, 1.165) is 18.9 Å². The molecule has 2 N–H and O–H groups in total. The molecule has 2 heteroatoms. The van der Waals surface area contributed by atoms with Gasteiger partial charge in [-0.2, -0.15) is 0 Å². The Bertz CT molecular complexity index is 134. The van der Waals surface area contributed by atoms with Gasteiger partial charge in [0.25, 0.3) is 0 Å². The highest BCUT2D eigenvalue weighted by atomic mass is 16.5. The number of nitrogens with two attached hydrogens (primary N) is 1. The first-order valence-corrected chi connectivity index (χ1v) is 4.73. The second-order valence-corrected chi connectivity index (χ2v) is 3.91. The lowest BCUT2D eigenvalue weighted by Crippen LogP contribution is -2.31. The zero-order valence-corrected chi connectivity index (χ0v) is 6.96. The summed E-state index contributed by atoms with van der Waals surface area (Å²) < 4.78 is 5.71. The predicted octanol–water partition coefficient (Wildman–Crippen LogP) is 1.29. The third-order valence-electron chi connectivity index (χ3n) is 2.75. The van der Waals surface area contributed by atoms with E-state index < -0.39 is 0 Å². The molecule has 0 aromatic heterocycles. The second kappa shape index (κ2) is 3.11. The topological polar surface area (TPSA) is 35.2 Å². The molecule has 2 saturated carbocycles. The van der Waals surface area contributed by atoms with Crippen LogP contribution in [0.3, 0.4) is 0 Å². The van der Waals surface area contributed by atoms with Gasteiger partial charge in [0.1, 0.15) is 0 Å². The Hall–Kier alpha value is -0.0800. The zero-order valence-electron chi connectivity index (χ0n) is 6.96. The molecule has 2 rings (SSSR count). The first-order chi connectivity index (χ1) is 5.36. The number of ether oxygens (including phenoxy) is 1. The molecule has 2 atom stereocenters. The van der Waals surface area contributed by atoms with Crippen LogP contribution in [0.15, 0.2) is 0 Å². The van der Waals surface area contributed by atoms with Gasteiger partial charge in [-0.1, -0.05) is 0 Å². The van der Waals surface area contributed by atoms with Gasteiger partial charge in [-0.15, -0.1) is 0 Å². The fourth-order valence-electron chi connectivity index (χ4n) is 1.71. The SMILES string of the molecule is N[C@H]1CCC[C@@H]1OCC1CC1. The average Bonchev–Trinajstić information content (AvgIpc) is 2.73. The first-order valence-electron chi connectivity index (χ1n) is 4.73. The van der Waals surface area contributed by atoms with Gasteiger partial charge < -0.3 is 10.5 Å².